The number of carbonyl (C=O) groups is 1. The van der Waals surface area contributed by atoms with Crippen LogP contribution in [0.2, 0.25) is 0 Å². The predicted molar refractivity (Wildman–Crippen MR) is 90.3 cm³/mol. The van der Waals surface area contributed by atoms with Crippen molar-refractivity contribution in [2.75, 3.05) is 18.6 Å². The Labute approximate surface area is 141 Å². The van der Waals surface area contributed by atoms with Gasteiger partial charge in [-0.15, -0.1) is 0 Å². The lowest BCUT2D eigenvalue weighted by Crippen LogP contribution is -2.39. The third kappa shape index (κ3) is 2.91. The third-order valence-corrected chi connectivity index (χ3v) is 4.12. The normalized spacial score (nSPS) is 15.5. The van der Waals surface area contributed by atoms with Crippen molar-refractivity contribution in [2.24, 2.45) is 0 Å². The lowest BCUT2D eigenvalue weighted by atomic mass is 10.1. The van der Waals surface area contributed by atoms with Gasteiger partial charge in [0, 0.05) is 17.8 Å². The molecule has 0 saturated heterocycles. The largest absolute Gasteiger partial charge is 0.493 e. The zero-order valence-corrected chi connectivity index (χ0v) is 13.7. The molecule has 1 atom stereocenters. The molecule has 122 valence electrons. The second-order valence-corrected chi connectivity index (χ2v) is 5.71. The Bertz CT molecular complexity index is 810. The minimum Gasteiger partial charge on any atom is -0.493 e. The average Bonchev–Trinajstić information content (AvgIpc) is 2.95. The summed E-state index contributed by atoms with van der Waals surface area (Å²) in [7, 11) is 1.50. The summed E-state index contributed by atoms with van der Waals surface area (Å²) in [5.74, 6) is 0.792. The Balaban J connectivity index is 1.74. The van der Waals surface area contributed by atoms with Crippen molar-refractivity contribution in [1.82, 2.24) is 0 Å². The van der Waals surface area contributed by atoms with Crippen LogP contribution in [0.4, 0.5) is 5.69 Å². The van der Waals surface area contributed by atoms with Crippen LogP contribution < -0.4 is 14.4 Å². The molecule has 1 aliphatic heterocycles. The van der Waals surface area contributed by atoms with Crippen LogP contribution in [-0.2, 0) is 11.2 Å². The monoisotopic (exact) mass is 322 g/mol. The molecule has 3 rings (SSSR count). The van der Waals surface area contributed by atoms with E-state index in [4.69, 9.17) is 14.7 Å². The highest BCUT2D eigenvalue weighted by molar-refractivity contribution is 5.97. The highest BCUT2D eigenvalue weighted by atomic mass is 16.5. The minimum absolute atomic E-state index is 0.0824. The van der Waals surface area contributed by atoms with Gasteiger partial charge in [0.05, 0.1) is 18.7 Å². The fourth-order valence-corrected chi connectivity index (χ4v) is 3.01. The van der Waals surface area contributed by atoms with Gasteiger partial charge in [-0.1, -0.05) is 18.2 Å². The van der Waals surface area contributed by atoms with Crippen molar-refractivity contribution < 1.29 is 14.3 Å². The van der Waals surface area contributed by atoms with E-state index in [0.29, 0.717) is 17.1 Å². The SMILES string of the molecule is COc1cc(C#N)ccc1OCC(=O)N1c2ccccc2C[C@@H]1C. The summed E-state index contributed by atoms with van der Waals surface area (Å²) >= 11 is 0. The topological polar surface area (TPSA) is 62.6 Å². The molecule has 0 aliphatic carbocycles. The van der Waals surface area contributed by atoms with Crippen molar-refractivity contribution in [2.45, 2.75) is 19.4 Å². The molecule has 0 unspecified atom stereocenters. The van der Waals surface area contributed by atoms with E-state index in [0.717, 1.165) is 12.1 Å². The quantitative estimate of drug-likeness (QED) is 0.868. The zero-order valence-electron chi connectivity index (χ0n) is 13.7. The van der Waals surface area contributed by atoms with Crippen LogP contribution in [0.25, 0.3) is 0 Å². The third-order valence-electron chi connectivity index (χ3n) is 4.12. The highest BCUT2D eigenvalue weighted by Gasteiger charge is 2.30. The van der Waals surface area contributed by atoms with Crippen molar-refractivity contribution in [3.05, 3.63) is 53.6 Å². The Morgan fingerprint density at radius 3 is 2.83 bits per heavy atom. The van der Waals surface area contributed by atoms with Crippen molar-refractivity contribution in [3.8, 4) is 17.6 Å². The van der Waals surface area contributed by atoms with Crippen LogP contribution in [0, 0.1) is 11.3 Å². The molecular weight excluding hydrogens is 304 g/mol. The van der Waals surface area contributed by atoms with E-state index in [1.54, 1.807) is 23.1 Å². The first-order valence-corrected chi connectivity index (χ1v) is 7.75. The van der Waals surface area contributed by atoms with Crippen LogP contribution in [0.15, 0.2) is 42.5 Å². The van der Waals surface area contributed by atoms with Gasteiger partial charge in [-0.3, -0.25) is 4.79 Å². The summed E-state index contributed by atoms with van der Waals surface area (Å²) in [6, 6.07) is 14.9. The molecule has 0 radical (unpaired) electrons. The van der Waals surface area contributed by atoms with Crippen LogP contribution in [0.3, 0.4) is 0 Å². The summed E-state index contributed by atoms with van der Waals surface area (Å²) in [6.07, 6.45) is 0.849. The van der Waals surface area contributed by atoms with Gasteiger partial charge in [0.2, 0.25) is 0 Å². The molecule has 2 aromatic carbocycles. The number of anilines is 1. The van der Waals surface area contributed by atoms with E-state index in [1.807, 2.05) is 37.3 Å². The number of benzene rings is 2. The van der Waals surface area contributed by atoms with E-state index in [2.05, 4.69) is 0 Å². The second kappa shape index (κ2) is 6.63. The number of methoxy groups -OCH3 is 1. The Hall–Kier alpha value is -3.00. The van der Waals surface area contributed by atoms with Crippen LogP contribution in [0.5, 0.6) is 11.5 Å². The number of amides is 1. The maximum Gasteiger partial charge on any atom is 0.265 e. The molecule has 1 amide bonds. The number of nitrogens with zero attached hydrogens (tertiary/aromatic N) is 2. The lowest BCUT2D eigenvalue weighted by molar-refractivity contribution is -0.120. The molecule has 0 spiro atoms. The van der Waals surface area contributed by atoms with Crippen molar-refractivity contribution in [3.63, 3.8) is 0 Å². The number of carbonyl (C=O) groups excluding carboxylic acids is 1. The Morgan fingerprint density at radius 1 is 1.29 bits per heavy atom. The fourth-order valence-electron chi connectivity index (χ4n) is 3.01. The molecule has 0 saturated carbocycles. The standard InChI is InChI=1S/C19H18N2O3/c1-13-9-15-5-3-4-6-16(15)21(13)19(22)12-24-17-8-7-14(11-20)10-18(17)23-2/h3-8,10,13H,9,12H2,1-2H3/t13-/m0/s1. The second-order valence-electron chi connectivity index (χ2n) is 5.71. The van der Waals surface area contributed by atoms with E-state index < -0.39 is 0 Å². The van der Waals surface area contributed by atoms with Gasteiger partial charge in [-0.05, 0) is 37.1 Å². The Kier molecular flexibility index (Phi) is 4.39. The number of hydrogen-bond acceptors (Lipinski definition) is 4. The summed E-state index contributed by atoms with van der Waals surface area (Å²) in [5, 5.41) is 8.93. The smallest absolute Gasteiger partial charge is 0.265 e. The predicted octanol–water partition coefficient (Wildman–Crippen LogP) is 2.92. The first-order valence-electron chi connectivity index (χ1n) is 7.75. The van der Waals surface area contributed by atoms with Gasteiger partial charge < -0.3 is 14.4 Å². The van der Waals surface area contributed by atoms with Gasteiger partial charge in [0.1, 0.15) is 0 Å². The van der Waals surface area contributed by atoms with Crippen LogP contribution in [0.1, 0.15) is 18.1 Å². The number of fused-ring (bicyclic) bond motifs is 1. The molecule has 2 aromatic rings. The van der Waals surface area contributed by atoms with E-state index in [-0.39, 0.29) is 18.6 Å². The number of para-hydroxylation sites is 1. The highest BCUT2D eigenvalue weighted by Crippen LogP contribution is 2.32. The van der Waals surface area contributed by atoms with Gasteiger partial charge in [0.25, 0.3) is 5.91 Å². The Morgan fingerprint density at radius 2 is 2.08 bits per heavy atom. The molecule has 0 aromatic heterocycles. The van der Waals surface area contributed by atoms with E-state index in [9.17, 15) is 4.79 Å². The van der Waals surface area contributed by atoms with E-state index in [1.165, 1.54) is 12.7 Å². The van der Waals surface area contributed by atoms with Crippen LogP contribution >= 0.6 is 0 Å². The fraction of sp³-hybridized carbons (Fsp3) is 0.263. The first-order chi connectivity index (χ1) is 11.6. The first kappa shape index (κ1) is 15.9. The number of rotatable bonds is 4. The maximum absolute atomic E-state index is 12.6. The summed E-state index contributed by atoms with van der Waals surface area (Å²) in [4.78, 5) is 14.4. The summed E-state index contributed by atoms with van der Waals surface area (Å²) < 4.78 is 10.9. The molecule has 24 heavy (non-hydrogen) atoms. The molecule has 1 aliphatic rings. The molecule has 0 bridgehead atoms. The van der Waals surface area contributed by atoms with Gasteiger partial charge in [0.15, 0.2) is 18.1 Å². The van der Waals surface area contributed by atoms with Gasteiger partial charge in [-0.25, -0.2) is 0 Å². The minimum atomic E-state index is -0.0983. The van der Waals surface area contributed by atoms with Crippen molar-refractivity contribution >= 4 is 11.6 Å². The molecule has 1 heterocycles. The molecule has 5 heteroatoms. The average molecular weight is 322 g/mol. The lowest BCUT2D eigenvalue weighted by Gasteiger charge is -2.23. The number of nitriles is 1. The molecule has 5 nitrogen and oxygen atoms in total. The zero-order chi connectivity index (χ0) is 17.1. The summed E-state index contributed by atoms with van der Waals surface area (Å²) in [6.45, 7) is 1.95. The van der Waals surface area contributed by atoms with Crippen molar-refractivity contribution in [1.29, 1.82) is 5.26 Å². The summed E-state index contributed by atoms with van der Waals surface area (Å²) in [5.41, 5.74) is 2.60. The maximum atomic E-state index is 12.6. The van der Waals surface area contributed by atoms with Gasteiger partial charge >= 0.3 is 0 Å². The molecular formula is C19H18N2O3. The number of hydrogen-bond donors (Lipinski definition) is 0. The van der Waals surface area contributed by atoms with Gasteiger partial charge in [-0.2, -0.15) is 5.26 Å². The number of ether oxygens (including phenoxy) is 2. The molecule has 0 fully saturated rings. The van der Waals surface area contributed by atoms with E-state index >= 15 is 0 Å². The van der Waals surface area contributed by atoms with Crippen LogP contribution in [-0.4, -0.2) is 25.7 Å². The molecule has 0 N–H and O–H groups in total.